The Bertz CT molecular complexity index is 295. The molecular weight excluding hydrogens is 184 g/mol. The van der Waals surface area contributed by atoms with Crippen molar-refractivity contribution in [2.24, 2.45) is 0 Å². The Morgan fingerprint density at radius 1 is 1.36 bits per heavy atom. The van der Waals surface area contributed by atoms with Crippen molar-refractivity contribution >= 4 is 0 Å². The molecule has 0 spiro atoms. The topological polar surface area (TPSA) is 12.0 Å². The molecule has 1 nitrogen and oxygen atoms in total. The van der Waals surface area contributed by atoms with Crippen molar-refractivity contribution in [2.45, 2.75) is 25.8 Å². The van der Waals surface area contributed by atoms with E-state index in [2.05, 4.69) is 5.32 Å². The minimum absolute atomic E-state index is 0.200. The first-order valence-corrected chi connectivity index (χ1v) is 4.78. The van der Waals surface area contributed by atoms with Crippen molar-refractivity contribution in [1.82, 2.24) is 5.32 Å². The van der Waals surface area contributed by atoms with Gasteiger partial charge in [0.25, 0.3) is 0 Å². The third-order valence-electron chi connectivity index (χ3n) is 2.38. The third kappa shape index (κ3) is 2.77. The van der Waals surface area contributed by atoms with Crippen LogP contribution in [0.4, 0.5) is 8.78 Å². The summed E-state index contributed by atoms with van der Waals surface area (Å²) in [6.45, 7) is 2.01. The summed E-state index contributed by atoms with van der Waals surface area (Å²) in [6.07, 6.45) is 1.42. The van der Waals surface area contributed by atoms with Gasteiger partial charge in [0.05, 0.1) is 0 Å². The van der Waals surface area contributed by atoms with Crippen LogP contribution in [-0.2, 0) is 6.42 Å². The SMILES string of the molecule is CCC(Cc1cc(F)ccc1F)NC. The van der Waals surface area contributed by atoms with E-state index in [0.717, 1.165) is 12.5 Å². The lowest BCUT2D eigenvalue weighted by Gasteiger charge is -2.13. The maximum absolute atomic E-state index is 13.2. The molecule has 1 rings (SSSR count). The predicted octanol–water partition coefficient (Wildman–Crippen LogP) is 2.51. The molecule has 1 N–H and O–H groups in total. The van der Waals surface area contributed by atoms with Crippen LogP contribution in [0.2, 0.25) is 0 Å². The van der Waals surface area contributed by atoms with Gasteiger partial charge in [-0.25, -0.2) is 8.78 Å². The summed E-state index contributed by atoms with van der Waals surface area (Å²) >= 11 is 0. The largest absolute Gasteiger partial charge is 0.317 e. The van der Waals surface area contributed by atoms with Gasteiger partial charge in [0.1, 0.15) is 11.6 Å². The highest BCUT2D eigenvalue weighted by Crippen LogP contribution is 2.12. The van der Waals surface area contributed by atoms with Crippen molar-refractivity contribution in [1.29, 1.82) is 0 Å². The second kappa shape index (κ2) is 5.05. The van der Waals surface area contributed by atoms with Crippen LogP contribution in [0.25, 0.3) is 0 Å². The van der Waals surface area contributed by atoms with Crippen LogP contribution in [0.15, 0.2) is 18.2 Å². The first kappa shape index (κ1) is 11.1. The number of hydrogen-bond donors (Lipinski definition) is 1. The first-order chi connectivity index (χ1) is 6.67. The second-order valence-corrected chi connectivity index (χ2v) is 3.33. The molecule has 0 fully saturated rings. The summed E-state index contributed by atoms with van der Waals surface area (Å²) < 4.78 is 26.0. The van der Waals surface area contributed by atoms with E-state index in [1.54, 1.807) is 0 Å². The van der Waals surface area contributed by atoms with E-state index in [9.17, 15) is 8.78 Å². The van der Waals surface area contributed by atoms with Crippen LogP contribution < -0.4 is 5.32 Å². The average molecular weight is 199 g/mol. The Hall–Kier alpha value is -0.960. The van der Waals surface area contributed by atoms with Gasteiger partial charge in [0, 0.05) is 6.04 Å². The molecule has 0 aliphatic carbocycles. The molecule has 0 saturated heterocycles. The Kier molecular flexibility index (Phi) is 4.01. The van der Waals surface area contributed by atoms with E-state index >= 15 is 0 Å². The van der Waals surface area contributed by atoms with Gasteiger partial charge >= 0.3 is 0 Å². The lowest BCUT2D eigenvalue weighted by atomic mass is 10.0. The van der Waals surface area contributed by atoms with Gasteiger partial charge in [-0.1, -0.05) is 6.92 Å². The quantitative estimate of drug-likeness (QED) is 0.785. The minimum atomic E-state index is -0.382. The maximum Gasteiger partial charge on any atom is 0.126 e. The van der Waals surface area contributed by atoms with Gasteiger partial charge in [-0.05, 0) is 43.7 Å². The van der Waals surface area contributed by atoms with E-state index in [-0.39, 0.29) is 17.7 Å². The fourth-order valence-electron chi connectivity index (χ4n) is 1.42. The predicted molar refractivity (Wildman–Crippen MR) is 53.2 cm³/mol. The summed E-state index contributed by atoms with van der Waals surface area (Å²) in [7, 11) is 1.82. The molecule has 0 aromatic heterocycles. The van der Waals surface area contributed by atoms with E-state index in [1.165, 1.54) is 12.1 Å². The van der Waals surface area contributed by atoms with Crippen molar-refractivity contribution in [3.8, 4) is 0 Å². The molecule has 1 aromatic carbocycles. The number of benzene rings is 1. The van der Waals surface area contributed by atoms with Crippen LogP contribution >= 0.6 is 0 Å². The van der Waals surface area contributed by atoms with Crippen LogP contribution in [0.3, 0.4) is 0 Å². The van der Waals surface area contributed by atoms with Gasteiger partial charge in [-0.2, -0.15) is 0 Å². The summed E-state index contributed by atoms with van der Waals surface area (Å²) in [5.41, 5.74) is 0.436. The van der Waals surface area contributed by atoms with Crippen LogP contribution in [0.1, 0.15) is 18.9 Å². The second-order valence-electron chi connectivity index (χ2n) is 3.33. The molecular formula is C11H15F2N. The standard InChI is InChI=1S/C11H15F2N/c1-3-10(14-2)7-8-6-9(12)4-5-11(8)13/h4-6,10,14H,3,7H2,1-2H3. The lowest BCUT2D eigenvalue weighted by molar-refractivity contribution is 0.517. The highest BCUT2D eigenvalue weighted by molar-refractivity contribution is 5.19. The van der Waals surface area contributed by atoms with E-state index < -0.39 is 0 Å². The molecule has 1 atom stereocenters. The fourth-order valence-corrected chi connectivity index (χ4v) is 1.42. The van der Waals surface area contributed by atoms with Crippen LogP contribution in [0, 0.1) is 11.6 Å². The van der Waals surface area contributed by atoms with Crippen molar-refractivity contribution < 1.29 is 8.78 Å². The molecule has 0 saturated carbocycles. The zero-order valence-corrected chi connectivity index (χ0v) is 8.48. The Morgan fingerprint density at radius 3 is 2.64 bits per heavy atom. The van der Waals surface area contributed by atoms with Crippen LogP contribution in [0.5, 0.6) is 0 Å². The summed E-state index contributed by atoms with van der Waals surface area (Å²) in [6, 6.07) is 3.77. The Labute approximate surface area is 83.1 Å². The number of rotatable bonds is 4. The maximum atomic E-state index is 13.2. The zero-order chi connectivity index (χ0) is 10.6. The number of likely N-dealkylation sites (N-methyl/N-ethyl adjacent to an activating group) is 1. The highest BCUT2D eigenvalue weighted by atomic mass is 19.1. The van der Waals surface area contributed by atoms with Crippen molar-refractivity contribution in [2.75, 3.05) is 7.05 Å². The molecule has 0 radical (unpaired) electrons. The molecule has 0 amide bonds. The van der Waals surface area contributed by atoms with Crippen LogP contribution in [-0.4, -0.2) is 13.1 Å². The molecule has 0 aliphatic rings. The summed E-state index contributed by atoms with van der Waals surface area (Å²) in [5, 5.41) is 3.06. The first-order valence-electron chi connectivity index (χ1n) is 4.78. The number of halogens is 2. The molecule has 14 heavy (non-hydrogen) atoms. The molecule has 0 heterocycles. The van der Waals surface area contributed by atoms with E-state index in [4.69, 9.17) is 0 Å². The van der Waals surface area contributed by atoms with Gasteiger partial charge in [0.2, 0.25) is 0 Å². The minimum Gasteiger partial charge on any atom is -0.317 e. The smallest absolute Gasteiger partial charge is 0.126 e. The van der Waals surface area contributed by atoms with Gasteiger partial charge in [0.15, 0.2) is 0 Å². The number of nitrogens with one attached hydrogen (secondary N) is 1. The molecule has 0 aliphatic heterocycles. The molecule has 78 valence electrons. The Morgan fingerprint density at radius 2 is 2.07 bits per heavy atom. The van der Waals surface area contributed by atoms with Crippen molar-refractivity contribution in [3.05, 3.63) is 35.4 Å². The van der Waals surface area contributed by atoms with Gasteiger partial charge in [-0.3, -0.25) is 0 Å². The number of hydrogen-bond acceptors (Lipinski definition) is 1. The third-order valence-corrected chi connectivity index (χ3v) is 2.38. The fraction of sp³-hybridized carbons (Fsp3) is 0.455. The lowest BCUT2D eigenvalue weighted by Crippen LogP contribution is -2.26. The summed E-state index contributed by atoms with van der Waals surface area (Å²) in [4.78, 5) is 0. The molecule has 0 bridgehead atoms. The molecule has 1 unspecified atom stereocenters. The van der Waals surface area contributed by atoms with Gasteiger partial charge < -0.3 is 5.32 Å². The summed E-state index contributed by atoms with van der Waals surface area (Å²) in [5.74, 6) is -0.715. The normalized spacial score (nSPS) is 12.9. The Balaban J connectivity index is 2.79. The molecule has 3 heteroatoms. The van der Waals surface area contributed by atoms with Crippen molar-refractivity contribution in [3.63, 3.8) is 0 Å². The highest BCUT2D eigenvalue weighted by Gasteiger charge is 2.09. The van der Waals surface area contributed by atoms with Gasteiger partial charge in [-0.15, -0.1) is 0 Å². The van der Waals surface area contributed by atoms with E-state index in [0.29, 0.717) is 12.0 Å². The average Bonchev–Trinajstić information content (AvgIpc) is 2.19. The van der Waals surface area contributed by atoms with E-state index in [1.807, 2.05) is 14.0 Å². The monoisotopic (exact) mass is 199 g/mol. The zero-order valence-electron chi connectivity index (χ0n) is 8.48. The molecule has 1 aromatic rings.